The molecular weight excluding hydrogens is 273 g/mol. The summed E-state index contributed by atoms with van der Waals surface area (Å²) < 4.78 is 48.1. The van der Waals surface area contributed by atoms with Gasteiger partial charge in [0.1, 0.15) is 0 Å². The van der Waals surface area contributed by atoms with E-state index >= 15 is 0 Å². The van der Waals surface area contributed by atoms with Crippen molar-refractivity contribution in [3.63, 3.8) is 0 Å². The number of hydrogen-bond donors (Lipinski definition) is 1. The zero-order valence-electron chi connectivity index (χ0n) is 12.0. The van der Waals surface area contributed by atoms with Crippen molar-refractivity contribution in [2.45, 2.75) is 31.5 Å². The molecule has 120 valence electrons. The maximum absolute atomic E-state index is 12.6. The van der Waals surface area contributed by atoms with Crippen molar-refractivity contribution in [1.82, 2.24) is 10.2 Å². The SMILES string of the molecule is COCCCOCCN(CC(F)(F)F)C1CCNCC1. The molecule has 20 heavy (non-hydrogen) atoms. The van der Waals surface area contributed by atoms with Crippen molar-refractivity contribution in [2.24, 2.45) is 0 Å². The molecular formula is C13H25F3N2O2. The van der Waals surface area contributed by atoms with Gasteiger partial charge in [0.15, 0.2) is 0 Å². The number of methoxy groups -OCH3 is 1. The van der Waals surface area contributed by atoms with E-state index in [1.807, 2.05) is 0 Å². The summed E-state index contributed by atoms with van der Waals surface area (Å²) in [5.41, 5.74) is 0. The van der Waals surface area contributed by atoms with Gasteiger partial charge >= 0.3 is 6.18 Å². The molecule has 0 aromatic heterocycles. The van der Waals surface area contributed by atoms with Crippen LogP contribution in [0.15, 0.2) is 0 Å². The maximum atomic E-state index is 12.6. The number of halogens is 3. The summed E-state index contributed by atoms with van der Waals surface area (Å²) in [6, 6.07) is 0.000417. The molecule has 1 N–H and O–H groups in total. The number of alkyl halides is 3. The monoisotopic (exact) mass is 298 g/mol. The van der Waals surface area contributed by atoms with Crippen molar-refractivity contribution in [3.8, 4) is 0 Å². The van der Waals surface area contributed by atoms with Crippen molar-refractivity contribution in [1.29, 1.82) is 0 Å². The second-order valence-corrected chi connectivity index (χ2v) is 5.03. The predicted octanol–water partition coefficient (Wildman–Crippen LogP) is 1.66. The van der Waals surface area contributed by atoms with Gasteiger partial charge in [0, 0.05) is 32.9 Å². The average Bonchev–Trinajstić information content (AvgIpc) is 2.41. The van der Waals surface area contributed by atoms with Gasteiger partial charge in [-0.25, -0.2) is 0 Å². The lowest BCUT2D eigenvalue weighted by molar-refractivity contribution is -0.153. The first kappa shape index (κ1) is 17.7. The Morgan fingerprint density at radius 3 is 2.45 bits per heavy atom. The minimum atomic E-state index is -4.15. The highest BCUT2D eigenvalue weighted by molar-refractivity contribution is 4.79. The van der Waals surface area contributed by atoms with Crippen LogP contribution in [0.5, 0.6) is 0 Å². The van der Waals surface area contributed by atoms with Gasteiger partial charge in [-0.05, 0) is 32.4 Å². The topological polar surface area (TPSA) is 33.7 Å². The van der Waals surface area contributed by atoms with Crippen molar-refractivity contribution in [2.75, 3.05) is 53.1 Å². The molecule has 1 heterocycles. The highest BCUT2D eigenvalue weighted by Crippen LogP contribution is 2.21. The summed E-state index contributed by atoms with van der Waals surface area (Å²) in [7, 11) is 1.61. The van der Waals surface area contributed by atoms with Crippen LogP contribution >= 0.6 is 0 Å². The van der Waals surface area contributed by atoms with Gasteiger partial charge in [-0.2, -0.15) is 13.2 Å². The lowest BCUT2D eigenvalue weighted by Crippen LogP contribution is -2.48. The number of hydrogen-bond acceptors (Lipinski definition) is 4. The van der Waals surface area contributed by atoms with Gasteiger partial charge in [0.05, 0.1) is 13.2 Å². The first-order valence-electron chi connectivity index (χ1n) is 7.11. The number of ether oxygens (including phenoxy) is 2. The third-order valence-corrected chi connectivity index (χ3v) is 3.37. The highest BCUT2D eigenvalue weighted by Gasteiger charge is 2.34. The average molecular weight is 298 g/mol. The standard InChI is InChI=1S/C13H25F3N2O2/c1-19-8-2-9-20-10-7-18(11-13(14,15)16)12-3-5-17-6-4-12/h12,17H,2-11H2,1H3. The smallest absolute Gasteiger partial charge is 0.385 e. The molecule has 0 aromatic rings. The second kappa shape index (κ2) is 9.55. The van der Waals surface area contributed by atoms with Crippen LogP contribution < -0.4 is 5.32 Å². The zero-order valence-corrected chi connectivity index (χ0v) is 12.0. The highest BCUT2D eigenvalue weighted by atomic mass is 19.4. The van der Waals surface area contributed by atoms with E-state index in [0.717, 1.165) is 32.4 Å². The number of nitrogens with zero attached hydrogens (tertiary/aromatic N) is 1. The Labute approximate surface area is 118 Å². The lowest BCUT2D eigenvalue weighted by Gasteiger charge is -2.35. The molecule has 0 spiro atoms. The van der Waals surface area contributed by atoms with Gasteiger partial charge < -0.3 is 14.8 Å². The zero-order chi connectivity index (χ0) is 14.8. The molecule has 0 aromatic carbocycles. The van der Waals surface area contributed by atoms with E-state index in [0.29, 0.717) is 26.4 Å². The normalized spacial score (nSPS) is 17.9. The fraction of sp³-hybridized carbons (Fsp3) is 1.00. The van der Waals surface area contributed by atoms with E-state index < -0.39 is 12.7 Å². The third kappa shape index (κ3) is 8.04. The Balaban J connectivity index is 2.30. The van der Waals surface area contributed by atoms with Crippen LogP contribution in [0.25, 0.3) is 0 Å². The van der Waals surface area contributed by atoms with E-state index in [1.54, 1.807) is 7.11 Å². The van der Waals surface area contributed by atoms with E-state index in [-0.39, 0.29) is 6.04 Å². The summed E-state index contributed by atoms with van der Waals surface area (Å²) in [5, 5.41) is 3.17. The molecule has 0 atom stereocenters. The van der Waals surface area contributed by atoms with Gasteiger partial charge in [0.2, 0.25) is 0 Å². The van der Waals surface area contributed by atoms with Crippen LogP contribution in [0, 0.1) is 0 Å². The molecule has 1 saturated heterocycles. The molecule has 1 fully saturated rings. The first-order chi connectivity index (χ1) is 9.53. The van der Waals surface area contributed by atoms with Gasteiger partial charge in [-0.1, -0.05) is 0 Å². The molecule has 0 aliphatic carbocycles. The van der Waals surface area contributed by atoms with E-state index in [1.165, 1.54) is 4.90 Å². The third-order valence-electron chi connectivity index (χ3n) is 3.37. The Kier molecular flexibility index (Phi) is 8.44. The van der Waals surface area contributed by atoms with E-state index in [2.05, 4.69) is 5.32 Å². The van der Waals surface area contributed by atoms with Gasteiger partial charge in [-0.3, -0.25) is 4.90 Å². The Bertz CT molecular complexity index is 246. The quantitative estimate of drug-likeness (QED) is 0.656. The minimum Gasteiger partial charge on any atom is -0.385 e. The summed E-state index contributed by atoms with van der Waals surface area (Å²) >= 11 is 0. The second-order valence-electron chi connectivity index (χ2n) is 5.03. The van der Waals surface area contributed by atoms with Crippen molar-refractivity contribution >= 4 is 0 Å². The summed E-state index contributed by atoms with van der Waals surface area (Å²) in [6.45, 7) is 2.53. The molecule has 1 aliphatic heterocycles. The summed E-state index contributed by atoms with van der Waals surface area (Å²) in [4.78, 5) is 1.51. The maximum Gasteiger partial charge on any atom is 0.401 e. The fourth-order valence-corrected chi connectivity index (χ4v) is 2.38. The van der Waals surface area contributed by atoms with Crippen molar-refractivity contribution in [3.05, 3.63) is 0 Å². The molecule has 0 bridgehead atoms. The van der Waals surface area contributed by atoms with Crippen LogP contribution in [-0.2, 0) is 9.47 Å². The van der Waals surface area contributed by atoms with E-state index in [4.69, 9.17) is 9.47 Å². The van der Waals surface area contributed by atoms with Gasteiger partial charge in [-0.15, -0.1) is 0 Å². The van der Waals surface area contributed by atoms with Crippen molar-refractivity contribution < 1.29 is 22.6 Å². The molecule has 7 heteroatoms. The number of piperidine rings is 1. The summed E-state index contributed by atoms with van der Waals surface area (Å²) in [5.74, 6) is 0. The first-order valence-corrected chi connectivity index (χ1v) is 7.11. The lowest BCUT2D eigenvalue weighted by atomic mass is 10.0. The van der Waals surface area contributed by atoms with Gasteiger partial charge in [0.25, 0.3) is 0 Å². The molecule has 1 rings (SSSR count). The molecule has 0 radical (unpaired) electrons. The van der Waals surface area contributed by atoms with E-state index in [9.17, 15) is 13.2 Å². The Morgan fingerprint density at radius 1 is 1.15 bits per heavy atom. The Morgan fingerprint density at radius 2 is 1.85 bits per heavy atom. The molecule has 1 aliphatic rings. The van der Waals surface area contributed by atoms with Crippen LogP contribution in [0.1, 0.15) is 19.3 Å². The summed E-state index contributed by atoms with van der Waals surface area (Å²) in [6.07, 6.45) is -1.86. The molecule has 0 amide bonds. The fourth-order valence-electron chi connectivity index (χ4n) is 2.38. The largest absolute Gasteiger partial charge is 0.401 e. The minimum absolute atomic E-state index is 0.000417. The molecule has 0 saturated carbocycles. The number of nitrogens with one attached hydrogen (secondary N) is 1. The van der Waals surface area contributed by atoms with Crippen LogP contribution in [-0.4, -0.2) is 70.2 Å². The number of rotatable bonds is 9. The van der Waals surface area contributed by atoms with Crippen LogP contribution in [0.3, 0.4) is 0 Å². The molecule has 4 nitrogen and oxygen atoms in total. The predicted molar refractivity (Wildman–Crippen MR) is 70.8 cm³/mol. The Hall–Kier alpha value is -0.370. The van der Waals surface area contributed by atoms with Crippen LogP contribution in [0.4, 0.5) is 13.2 Å². The molecule has 0 unspecified atom stereocenters. The van der Waals surface area contributed by atoms with Crippen LogP contribution in [0.2, 0.25) is 0 Å².